The number of hydrogen-bond donors (Lipinski definition) is 1. The van der Waals surface area contributed by atoms with Crippen molar-refractivity contribution in [1.82, 2.24) is 9.62 Å². The van der Waals surface area contributed by atoms with Crippen molar-refractivity contribution in [2.24, 2.45) is 0 Å². The Bertz CT molecular complexity index is 935. The second-order valence-electron chi connectivity index (χ2n) is 7.08. The maximum absolute atomic E-state index is 13.4. The van der Waals surface area contributed by atoms with Crippen LogP contribution in [0.2, 0.25) is 0 Å². The Kier molecular flexibility index (Phi) is 7.21. The molecule has 0 aromatic heterocycles. The normalized spacial score (nSPS) is 15.5. The summed E-state index contributed by atoms with van der Waals surface area (Å²) < 4.78 is 28.3. The maximum atomic E-state index is 13.4. The smallest absolute Gasteiger partial charge is 0.241 e. The van der Waals surface area contributed by atoms with Crippen molar-refractivity contribution in [3.8, 4) is 0 Å². The fourth-order valence-electron chi connectivity index (χ4n) is 3.42. The molecule has 1 atom stereocenters. The Labute approximate surface area is 177 Å². The first kappa shape index (κ1) is 21.7. The zero-order valence-corrected chi connectivity index (χ0v) is 18.4. The van der Waals surface area contributed by atoms with Crippen molar-refractivity contribution in [2.75, 3.05) is 37.0 Å². The molecular weight excluding hydrogens is 406 g/mol. The summed E-state index contributed by atoms with van der Waals surface area (Å²) in [5.74, 6) is 0.515. The molecule has 0 radical (unpaired) electrons. The molecule has 1 aliphatic heterocycles. The number of rotatable bonds is 7. The highest BCUT2D eigenvalue weighted by Gasteiger charge is 2.30. The molecular formula is C21H27N3O3S2. The third-order valence-corrected chi connectivity index (χ3v) is 7.17. The van der Waals surface area contributed by atoms with Gasteiger partial charge in [-0.05, 0) is 42.2 Å². The van der Waals surface area contributed by atoms with Gasteiger partial charge in [0.1, 0.15) is 6.04 Å². The van der Waals surface area contributed by atoms with Crippen LogP contribution in [0.5, 0.6) is 0 Å². The molecule has 0 spiro atoms. The van der Waals surface area contributed by atoms with Gasteiger partial charge in [-0.25, -0.2) is 8.42 Å². The number of benzene rings is 2. The Morgan fingerprint density at radius 3 is 2.52 bits per heavy atom. The Balaban J connectivity index is 1.82. The number of amides is 1. The molecule has 6 nitrogen and oxygen atoms in total. The first-order valence-corrected chi connectivity index (χ1v) is 12.4. The fourth-order valence-corrected chi connectivity index (χ4v) is 5.14. The van der Waals surface area contributed by atoms with E-state index in [0.29, 0.717) is 31.8 Å². The summed E-state index contributed by atoms with van der Waals surface area (Å²) >= 11 is 1.60. The molecule has 156 valence electrons. The van der Waals surface area contributed by atoms with E-state index < -0.39 is 16.1 Å². The van der Waals surface area contributed by atoms with Crippen LogP contribution in [0.3, 0.4) is 0 Å². The summed E-state index contributed by atoms with van der Waals surface area (Å²) in [5.41, 5.74) is 2.17. The number of hydrogen-bond acceptors (Lipinski definition) is 5. The minimum Gasteiger partial charge on any atom is -0.373 e. The van der Waals surface area contributed by atoms with Crippen LogP contribution in [-0.2, 0) is 21.4 Å². The molecule has 3 rings (SSSR count). The van der Waals surface area contributed by atoms with Gasteiger partial charge in [0.05, 0.1) is 4.90 Å². The van der Waals surface area contributed by atoms with E-state index in [2.05, 4.69) is 9.62 Å². The van der Waals surface area contributed by atoms with Crippen molar-refractivity contribution in [3.63, 3.8) is 0 Å². The monoisotopic (exact) mass is 433 g/mol. The predicted octanol–water partition coefficient (Wildman–Crippen LogP) is 2.57. The number of fused-ring (bicyclic) bond motifs is 1. The summed E-state index contributed by atoms with van der Waals surface area (Å²) in [4.78, 5) is 17.4. The van der Waals surface area contributed by atoms with Gasteiger partial charge in [-0.1, -0.05) is 36.4 Å². The molecule has 2 aromatic rings. The zero-order valence-electron chi connectivity index (χ0n) is 16.7. The van der Waals surface area contributed by atoms with Crippen molar-refractivity contribution in [3.05, 3.63) is 60.2 Å². The minimum absolute atomic E-state index is 0.169. The van der Waals surface area contributed by atoms with Crippen LogP contribution in [0.15, 0.2) is 59.5 Å². The van der Waals surface area contributed by atoms with Gasteiger partial charge in [0.25, 0.3) is 0 Å². The van der Waals surface area contributed by atoms with Gasteiger partial charge in [-0.3, -0.25) is 4.79 Å². The fraction of sp³-hybridized carbons (Fsp3) is 0.381. The summed E-state index contributed by atoms with van der Waals surface area (Å²) in [5, 5.41) is 0. The molecule has 2 aromatic carbocycles. The minimum atomic E-state index is -3.77. The molecule has 1 aliphatic rings. The van der Waals surface area contributed by atoms with Gasteiger partial charge in [0.15, 0.2) is 0 Å². The van der Waals surface area contributed by atoms with Crippen LogP contribution < -0.4 is 9.62 Å². The predicted molar refractivity (Wildman–Crippen MR) is 119 cm³/mol. The standard InChI is InChI=1S/C21H27N3O3S2/c1-23-13-14-24(16-17-8-6-7-11-20(17)23)21(25)19(12-15-28-2)22-29(26,27)18-9-4-3-5-10-18/h3-11,19,22H,12-16H2,1-2H3. The van der Waals surface area contributed by atoms with Gasteiger partial charge in [0.2, 0.25) is 15.9 Å². The number of carbonyl (C=O) groups is 1. The number of likely N-dealkylation sites (N-methyl/N-ethyl adjacent to an activating group) is 1. The van der Waals surface area contributed by atoms with Gasteiger partial charge >= 0.3 is 0 Å². The number of nitrogens with zero attached hydrogens (tertiary/aromatic N) is 2. The highest BCUT2D eigenvalue weighted by Crippen LogP contribution is 2.24. The Hall–Kier alpha value is -2.03. The van der Waals surface area contributed by atoms with Crippen LogP contribution in [0.4, 0.5) is 5.69 Å². The first-order chi connectivity index (χ1) is 13.9. The molecule has 1 unspecified atom stereocenters. The Morgan fingerprint density at radius 2 is 1.79 bits per heavy atom. The average molecular weight is 434 g/mol. The number of sulfonamides is 1. The lowest BCUT2D eigenvalue weighted by Crippen LogP contribution is -2.49. The summed E-state index contributed by atoms with van der Waals surface area (Å²) in [7, 11) is -1.76. The van der Waals surface area contributed by atoms with Crippen molar-refractivity contribution < 1.29 is 13.2 Å². The number of para-hydroxylation sites is 1. The van der Waals surface area contributed by atoms with Crippen molar-refractivity contribution in [1.29, 1.82) is 0 Å². The number of carbonyl (C=O) groups excluding carboxylic acids is 1. The molecule has 29 heavy (non-hydrogen) atoms. The van der Waals surface area contributed by atoms with Crippen LogP contribution in [0.25, 0.3) is 0 Å². The molecule has 1 N–H and O–H groups in total. The lowest BCUT2D eigenvalue weighted by atomic mass is 10.1. The quantitative estimate of drug-likeness (QED) is 0.727. The van der Waals surface area contributed by atoms with Crippen LogP contribution >= 0.6 is 11.8 Å². The maximum Gasteiger partial charge on any atom is 0.241 e. The van der Waals surface area contributed by atoms with E-state index in [9.17, 15) is 13.2 Å². The van der Waals surface area contributed by atoms with Gasteiger partial charge in [0, 0.05) is 32.4 Å². The van der Waals surface area contributed by atoms with Crippen molar-refractivity contribution >= 4 is 33.4 Å². The number of thioether (sulfide) groups is 1. The SMILES string of the molecule is CSCCC(NS(=O)(=O)c1ccccc1)C(=O)N1CCN(C)c2ccccc2C1. The molecule has 0 bridgehead atoms. The molecule has 1 heterocycles. The van der Waals surface area contributed by atoms with Crippen LogP contribution in [0.1, 0.15) is 12.0 Å². The second-order valence-corrected chi connectivity index (χ2v) is 9.78. The van der Waals surface area contributed by atoms with Gasteiger partial charge < -0.3 is 9.80 Å². The highest BCUT2D eigenvalue weighted by molar-refractivity contribution is 7.98. The zero-order chi connectivity index (χ0) is 20.9. The number of anilines is 1. The molecule has 0 fully saturated rings. The van der Waals surface area contributed by atoms with Gasteiger partial charge in [-0.2, -0.15) is 16.5 Å². The van der Waals surface area contributed by atoms with Crippen LogP contribution in [0, 0.1) is 0 Å². The lowest BCUT2D eigenvalue weighted by Gasteiger charge is -2.27. The number of nitrogens with one attached hydrogen (secondary N) is 1. The van der Waals surface area contributed by atoms with E-state index in [1.54, 1.807) is 34.9 Å². The largest absolute Gasteiger partial charge is 0.373 e. The van der Waals surface area contributed by atoms with E-state index in [0.717, 1.165) is 11.3 Å². The molecule has 8 heteroatoms. The molecule has 1 amide bonds. The van der Waals surface area contributed by atoms with E-state index in [1.165, 1.54) is 12.1 Å². The first-order valence-electron chi connectivity index (χ1n) is 9.56. The summed E-state index contributed by atoms with van der Waals surface area (Å²) in [6, 6.07) is 15.4. The van der Waals surface area contributed by atoms with Gasteiger partial charge in [-0.15, -0.1) is 0 Å². The molecule has 0 saturated heterocycles. The van der Waals surface area contributed by atoms with E-state index in [4.69, 9.17) is 0 Å². The highest BCUT2D eigenvalue weighted by atomic mass is 32.2. The van der Waals surface area contributed by atoms with E-state index in [1.807, 2.05) is 37.6 Å². The third-order valence-electron chi connectivity index (χ3n) is 5.04. The average Bonchev–Trinajstić information content (AvgIpc) is 2.90. The topological polar surface area (TPSA) is 69.7 Å². The molecule has 0 aliphatic carbocycles. The van der Waals surface area contributed by atoms with Crippen LogP contribution in [-0.4, -0.2) is 57.4 Å². The third kappa shape index (κ3) is 5.32. The van der Waals surface area contributed by atoms with E-state index >= 15 is 0 Å². The lowest BCUT2D eigenvalue weighted by molar-refractivity contribution is -0.133. The summed E-state index contributed by atoms with van der Waals surface area (Å²) in [6.07, 6.45) is 2.39. The van der Waals surface area contributed by atoms with Crippen molar-refractivity contribution in [2.45, 2.75) is 23.9 Å². The summed E-state index contributed by atoms with van der Waals surface area (Å²) in [6.45, 7) is 1.72. The Morgan fingerprint density at radius 1 is 1.10 bits per heavy atom. The second kappa shape index (κ2) is 9.65. The molecule has 0 saturated carbocycles. The van der Waals surface area contributed by atoms with E-state index in [-0.39, 0.29) is 10.8 Å².